The zero-order chi connectivity index (χ0) is 10.5. The van der Waals surface area contributed by atoms with Crippen LogP contribution in [0.3, 0.4) is 0 Å². The Morgan fingerprint density at radius 2 is 2.33 bits per heavy atom. The standard InChI is InChI=1S/C10H11FN4/c11-9-4-2-1-3-8(9)7-14-15-10-12-5-6-13-10/h1-4,7H,5-6H2,(H2,12,13,15)/b14-7+. The fourth-order valence-electron chi connectivity index (χ4n) is 1.22. The number of nitrogens with zero attached hydrogens (tertiary/aromatic N) is 2. The summed E-state index contributed by atoms with van der Waals surface area (Å²) in [5, 5.41) is 6.87. The highest BCUT2D eigenvalue weighted by molar-refractivity contribution is 5.84. The van der Waals surface area contributed by atoms with Crippen LogP contribution in [0.2, 0.25) is 0 Å². The lowest BCUT2D eigenvalue weighted by molar-refractivity contribution is 0.626. The Morgan fingerprint density at radius 3 is 3.07 bits per heavy atom. The van der Waals surface area contributed by atoms with Gasteiger partial charge in [0.2, 0.25) is 5.96 Å². The Morgan fingerprint density at radius 1 is 1.47 bits per heavy atom. The Bertz CT molecular complexity index is 400. The molecule has 1 aromatic rings. The van der Waals surface area contributed by atoms with E-state index in [9.17, 15) is 4.39 Å². The number of benzene rings is 1. The molecule has 1 aromatic carbocycles. The molecule has 0 bridgehead atoms. The molecule has 1 aliphatic heterocycles. The Hall–Kier alpha value is -1.91. The summed E-state index contributed by atoms with van der Waals surface area (Å²) in [6.07, 6.45) is 1.43. The van der Waals surface area contributed by atoms with Crippen molar-refractivity contribution >= 4 is 12.2 Å². The number of guanidine groups is 1. The quantitative estimate of drug-likeness (QED) is 0.553. The van der Waals surface area contributed by atoms with Crippen LogP contribution in [0.15, 0.2) is 34.4 Å². The van der Waals surface area contributed by atoms with Gasteiger partial charge in [-0.05, 0) is 6.07 Å². The van der Waals surface area contributed by atoms with Gasteiger partial charge in [0.1, 0.15) is 5.82 Å². The summed E-state index contributed by atoms with van der Waals surface area (Å²) in [5.41, 5.74) is 3.15. The van der Waals surface area contributed by atoms with E-state index in [0.717, 1.165) is 13.1 Å². The first kappa shape index (κ1) is 9.64. The number of halogens is 1. The van der Waals surface area contributed by atoms with Gasteiger partial charge in [-0.25, -0.2) is 14.8 Å². The van der Waals surface area contributed by atoms with E-state index in [0.29, 0.717) is 11.5 Å². The first-order valence-corrected chi connectivity index (χ1v) is 4.68. The first-order valence-electron chi connectivity index (χ1n) is 4.68. The van der Waals surface area contributed by atoms with Crippen molar-refractivity contribution in [2.45, 2.75) is 0 Å². The minimum atomic E-state index is -0.288. The van der Waals surface area contributed by atoms with Crippen molar-refractivity contribution in [3.05, 3.63) is 35.6 Å². The van der Waals surface area contributed by atoms with E-state index in [1.165, 1.54) is 12.3 Å². The van der Waals surface area contributed by atoms with E-state index in [1.807, 2.05) is 0 Å². The highest BCUT2D eigenvalue weighted by Gasteiger charge is 2.01. The molecule has 0 saturated carbocycles. The SMILES string of the molecule is Fc1ccccc1/C=N/NC1=NCCN1. The summed E-state index contributed by atoms with van der Waals surface area (Å²) < 4.78 is 13.1. The molecule has 1 aliphatic rings. The lowest BCUT2D eigenvalue weighted by Gasteiger charge is -1.99. The molecule has 0 unspecified atom stereocenters. The minimum absolute atomic E-state index is 0.288. The lowest BCUT2D eigenvalue weighted by atomic mass is 10.2. The van der Waals surface area contributed by atoms with Crippen LogP contribution in [-0.4, -0.2) is 25.3 Å². The predicted molar refractivity (Wildman–Crippen MR) is 57.4 cm³/mol. The van der Waals surface area contributed by atoms with Crippen LogP contribution >= 0.6 is 0 Å². The summed E-state index contributed by atoms with van der Waals surface area (Å²) >= 11 is 0. The van der Waals surface area contributed by atoms with Crippen LogP contribution in [0.1, 0.15) is 5.56 Å². The van der Waals surface area contributed by atoms with Crippen molar-refractivity contribution in [1.82, 2.24) is 10.7 Å². The molecule has 0 aliphatic carbocycles. The molecule has 5 heteroatoms. The Labute approximate surface area is 86.9 Å². The molecule has 0 radical (unpaired) electrons. The van der Waals surface area contributed by atoms with Crippen LogP contribution < -0.4 is 10.7 Å². The summed E-state index contributed by atoms with van der Waals surface area (Å²) in [4.78, 5) is 4.08. The average molecular weight is 206 g/mol. The highest BCUT2D eigenvalue weighted by Crippen LogP contribution is 2.02. The van der Waals surface area contributed by atoms with Gasteiger partial charge in [0.25, 0.3) is 0 Å². The summed E-state index contributed by atoms with van der Waals surface area (Å²) in [7, 11) is 0. The van der Waals surface area contributed by atoms with Crippen molar-refractivity contribution in [2.75, 3.05) is 13.1 Å². The van der Waals surface area contributed by atoms with E-state index in [-0.39, 0.29) is 5.82 Å². The molecule has 0 aromatic heterocycles. The van der Waals surface area contributed by atoms with Crippen LogP contribution in [-0.2, 0) is 0 Å². The number of hydrazone groups is 1. The molecule has 15 heavy (non-hydrogen) atoms. The van der Waals surface area contributed by atoms with Crippen molar-refractivity contribution < 1.29 is 4.39 Å². The van der Waals surface area contributed by atoms with Gasteiger partial charge in [0.05, 0.1) is 12.8 Å². The van der Waals surface area contributed by atoms with Gasteiger partial charge in [-0.2, -0.15) is 5.10 Å². The molecule has 78 valence electrons. The van der Waals surface area contributed by atoms with Gasteiger partial charge in [0, 0.05) is 12.1 Å². The van der Waals surface area contributed by atoms with Gasteiger partial charge in [-0.1, -0.05) is 18.2 Å². The van der Waals surface area contributed by atoms with Gasteiger partial charge >= 0.3 is 0 Å². The van der Waals surface area contributed by atoms with Crippen LogP contribution in [0.25, 0.3) is 0 Å². The monoisotopic (exact) mass is 206 g/mol. The maximum Gasteiger partial charge on any atom is 0.212 e. The van der Waals surface area contributed by atoms with E-state index < -0.39 is 0 Å². The van der Waals surface area contributed by atoms with Gasteiger partial charge in [-0.15, -0.1) is 0 Å². The predicted octanol–water partition coefficient (Wildman–Crippen LogP) is 0.708. The van der Waals surface area contributed by atoms with Crippen molar-refractivity contribution in [3.8, 4) is 0 Å². The molecular formula is C10H11FN4. The first-order chi connectivity index (χ1) is 7.36. The molecule has 4 nitrogen and oxygen atoms in total. The summed E-state index contributed by atoms with van der Waals surface area (Å²) in [5.74, 6) is 0.340. The maximum absolute atomic E-state index is 13.1. The fraction of sp³-hybridized carbons (Fsp3) is 0.200. The fourth-order valence-corrected chi connectivity index (χ4v) is 1.22. The second-order valence-corrected chi connectivity index (χ2v) is 3.05. The molecule has 2 rings (SSSR count). The van der Waals surface area contributed by atoms with E-state index in [2.05, 4.69) is 20.8 Å². The number of aliphatic imine (C=N–C) groups is 1. The highest BCUT2D eigenvalue weighted by atomic mass is 19.1. The Balaban J connectivity index is 1.96. The van der Waals surface area contributed by atoms with Crippen molar-refractivity contribution in [1.29, 1.82) is 0 Å². The number of nitrogens with one attached hydrogen (secondary N) is 2. The number of hydrogen-bond donors (Lipinski definition) is 2. The van der Waals surface area contributed by atoms with E-state index in [1.54, 1.807) is 18.2 Å². The third-order valence-electron chi connectivity index (χ3n) is 1.95. The lowest BCUT2D eigenvalue weighted by Crippen LogP contribution is -2.30. The number of rotatable bonds is 2. The van der Waals surface area contributed by atoms with Crippen LogP contribution in [0.4, 0.5) is 4.39 Å². The maximum atomic E-state index is 13.1. The smallest absolute Gasteiger partial charge is 0.212 e. The van der Waals surface area contributed by atoms with Gasteiger partial charge < -0.3 is 5.32 Å². The zero-order valence-corrected chi connectivity index (χ0v) is 8.07. The molecule has 0 saturated heterocycles. The van der Waals surface area contributed by atoms with Crippen molar-refractivity contribution in [3.63, 3.8) is 0 Å². The van der Waals surface area contributed by atoms with Gasteiger partial charge in [-0.3, -0.25) is 0 Å². The normalized spacial score (nSPS) is 15.1. The van der Waals surface area contributed by atoms with E-state index >= 15 is 0 Å². The molecule has 1 heterocycles. The Kier molecular flexibility index (Phi) is 2.92. The second-order valence-electron chi connectivity index (χ2n) is 3.05. The van der Waals surface area contributed by atoms with Gasteiger partial charge in [0.15, 0.2) is 0 Å². The molecule has 0 amide bonds. The number of hydrogen-bond acceptors (Lipinski definition) is 4. The third-order valence-corrected chi connectivity index (χ3v) is 1.95. The molecule has 0 atom stereocenters. The topological polar surface area (TPSA) is 48.8 Å². The molecule has 0 spiro atoms. The molecular weight excluding hydrogens is 195 g/mol. The second kappa shape index (κ2) is 4.54. The van der Waals surface area contributed by atoms with E-state index in [4.69, 9.17) is 0 Å². The summed E-state index contributed by atoms with van der Waals surface area (Å²) in [6.45, 7) is 1.56. The minimum Gasteiger partial charge on any atom is -0.353 e. The summed E-state index contributed by atoms with van der Waals surface area (Å²) in [6, 6.07) is 6.45. The average Bonchev–Trinajstić information content (AvgIpc) is 2.74. The van der Waals surface area contributed by atoms with Crippen molar-refractivity contribution in [2.24, 2.45) is 10.1 Å². The third kappa shape index (κ3) is 2.52. The molecule has 0 fully saturated rings. The largest absolute Gasteiger partial charge is 0.353 e. The van der Waals surface area contributed by atoms with Crippen LogP contribution in [0, 0.1) is 5.82 Å². The zero-order valence-electron chi connectivity index (χ0n) is 8.07. The van der Waals surface area contributed by atoms with Crippen LogP contribution in [0.5, 0.6) is 0 Å². The molecule has 2 N–H and O–H groups in total.